The minimum atomic E-state index is 0.763. The van der Waals surface area contributed by atoms with Gasteiger partial charge >= 0.3 is 0 Å². The Hall–Kier alpha value is -2.42. The molecule has 0 radical (unpaired) electrons. The first-order valence-corrected chi connectivity index (χ1v) is 7.07. The topological polar surface area (TPSA) is 30.5 Å². The average molecular weight is 281 g/mol. The van der Waals surface area contributed by atoms with E-state index in [0.29, 0.717) is 0 Å². The van der Waals surface area contributed by atoms with Gasteiger partial charge in [-0.2, -0.15) is 0 Å². The van der Waals surface area contributed by atoms with Crippen molar-refractivity contribution in [1.29, 1.82) is 0 Å². The predicted octanol–water partition coefficient (Wildman–Crippen LogP) is 3.35. The smallest absolute Gasteiger partial charge is 0.161 e. The number of ether oxygens (including phenoxy) is 2. The minimum absolute atomic E-state index is 0.763. The van der Waals surface area contributed by atoms with Crippen molar-refractivity contribution in [1.82, 2.24) is 5.32 Å². The van der Waals surface area contributed by atoms with Gasteiger partial charge in [0, 0.05) is 17.8 Å². The van der Waals surface area contributed by atoms with Crippen LogP contribution in [-0.2, 0) is 6.42 Å². The molecule has 0 fully saturated rings. The SMILES string of the molecule is COc1cc2c(cc1OC)C(=Cc1ccccc1)NCC2. The second kappa shape index (κ2) is 5.92. The zero-order valence-corrected chi connectivity index (χ0v) is 12.3. The van der Waals surface area contributed by atoms with Gasteiger partial charge in [0.1, 0.15) is 0 Å². The van der Waals surface area contributed by atoms with Crippen molar-refractivity contribution in [3.63, 3.8) is 0 Å². The van der Waals surface area contributed by atoms with Gasteiger partial charge in [-0.1, -0.05) is 30.3 Å². The average Bonchev–Trinajstić information content (AvgIpc) is 2.55. The highest BCUT2D eigenvalue weighted by atomic mass is 16.5. The van der Waals surface area contributed by atoms with Crippen LogP contribution in [0.25, 0.3) is 11.8 Å². The van der Waals surface area contributed by atoms with Crippen LogP contribution < -0.4 is 14.8 Å². The van der Waals surface area contributed by atoms with Crippen molar-refractivity contribution >= 4 is 11.8 Å². The molecule has 2 aromatic carbocycles. The van der Waals surface area contributed by atoms with E-state index in [9.17, 15) is 0 Å². The number of benzene rings is 2. The number of rotatable bonds is 3. The van der Waals surface area contributed by atoms with Crippen molar-refractivity contribution in [3.8, 4) is 11.5 Å². The van der Waals surface area contributed by atoms with E-state index in [2.05, 4.69) is 35.7 Å². The van der Waals surface area contributed by atoms with Gasteiger partial charge in [0.25, 0.3) is 0 Å². The standard InChI is InChI=1S/C18H19NO2/c1-20-17-11-14-8-9-19-16(15(14)12-18(17)21-2)10-13-6-4-3-5-7-13/h3-7,10-12,19H,8-9H2,1-2H3. The quantitative estimate of drug-likeness (QED) is 0.936. The Labute approximate surface area is 125 Å². The Kier molecular flexibility index (Phi) is 3.82. The van der Waals surface area contributed by atoms with Gasteiger partial charge in [0.15, 0.2) is 11.5 Å². The van der Waals surface area contributed by atoms with Gasteiger partial charge in [-0.15, -0.1) is 0 Å². The van der Waals surface area contributed by atoms with E-state index < -0.39 is 0 Å². The molecular weight excluding hydrogens is 262 g/mol. The first-order valence-electron chi connectivity index (χ1n) is 7.07. The molecule has 0 aliphatic carbocycles. The van der Waals surface area contributed by atoms with Gasteiger partial charge in [-0.25, -0.2) is 0 Å². The van der Waals surface area contributed by atoms with E-state index >= 15 is 0 Å². The Morgan fingerprint density at radius 2 is 1.71 bits per heavy atom. The summed E-state index contributed by atoms with van der Waals surface area (Å²) >= 11 is 0. The maximum absolute atomic E-state index is 5.42. The fourth-order valence-corrected chi connectivity index (χ4v) is 2.65. The molecule has 3 heteroatoms. The summed E-state index contributed by atoms with van der Waals surface area (Å²) < 4.78 is 10.8. The lowest BCUT2D eigenvalue weighted by atomic mass is 9.96. The monoisotopic (exact) mass is 281 g/mol. The summed E-state index contributed by atoms with van der Waals surface area (Å²) in [6, 6.07) is 14.4. The van der Waals surface area contributed by atoms with E-state index in [0.717, 1.165) is 30.2 Å². The molecule has 0 unspecified atom stereocenters. The molecule has 3 rings (SSSR count). The molecule has 0 atom stereocenters. The fourth-order valence-electron chi connectivity index (χ4n) is 2.65. The highest BCUT2D eigenvalue weighted by Crippen LogP contribution is 2.35. The number of hydrogen-bond acceptors (Lipinski definition) is 3. The molecule has 0 saturated carbocycles. The van der Waals surface area contributed by atoms with Crippen LogP contribution >= 0.6 is 0 Å². The molecule has 108 valence electrons. The van der Waals surface area contributed by atoms with Crippen molar-refractivity contribution in [2.75, 3.05) is 20.8 Å². The summed E-state index contributed by atoms with van der Waals surface area (Å²) in [4.78, 5) is 0. The maximum atomic E-state index is 5.42. The minimum Gasteiger partial charge on any atom is -0.493 e. The molecule has 0 spiro atoms. The van der Waals surface area contributed by atoms with Crippen molar-refractivity contribution in [3.05, 3.63) is 59.2 Å². The first-order chi connectivity index (χ1) is 10.3. The highest BCUT2D eigenvalue weighted by molar-refractivity contribution is 5.83. The zero-order chi connectivity index (χ0) is 14.7. The van der Waals surface area contributed by atoms with Crippen molar-refractivity contribution < 1.29 is 9.47 Å². The van der Waals surface area contributed by atoms with Crippen LogP contribution in [0.3, 0.4) is 0 Å². The largest absolute Gasteiger partial charge is 0.493 e. The van der Waals surface area contributed by atoms with Gasteiger partial charge in [0.2, 0.25) is 0 Å². The third-order valence-corrected chi connectivity index (χ3v) is 3.72. The molecule has 0 aromatic heterocycles. The summed E-state index contributed by atoms with van der Waals surface area (Å²) in [6.07, 6.45) is 3.16. The molecule has 0 bridgehead atoms. The molecule has 1 aliphatic rings. The van der Waals surface area contributed by atoms with Gasteiger partial charge in [-0.05, 0) is 35.8 Å². The lowest BCUT2D eigenvalue weighted by molar-refractivity contribution is 0.354. The van der Waals surface area contributed by atoms with Crippen LogP contribution in [0.4, 0.5) is 0 Å². The maximum Gasteiger partial charge on any atom is 0.161 e. The van der Waals surface area contributed by atoms with E-state index in [4.69, 9.17) is 9.47 Å². The molecule has 0 amide bonds. The lowest BCUT2D eigenvalue weighted by Gasteiger charge is -2.23. The Bertz CT molecular complexity index is 662. The summed E-state index contributed by atoms with van der Waals surface area (Å²) in [6.45, 7) is 0.932. The Morgan fingerprint density at radius 3 is 2.43 bits per heavy atom. The van der Waals surface area contributed by atoms with E-state index in [1.165, 1.54) is 16.7 Å². The van der Waals surface area contributed by atoms with Crippen LogP contribution in [0, 0.1) is 0 Å². The summed E-state index contributed by atoms with van der Waals surface area (Å²) in [5.74, 6) is 1.55. The molecule has 2 aromatic rings. The predicted molar refractivity (Wildman–Crippen MR) is 85.6 cm³/mol. The number of fused-ring (bicyclic) bond motifs is 1. The molecular formula is C18H19NO2. The Morgan fingerprint density at radius 1 is 1.00 bits per heavy atom. The van der Waals surface area contributed by atoms with Gasteiger partial charge in [-0.3, -0.25) is 0 Å². The normalized spacial score (nSPS) is 15.2. The van der Waals surface area contributed by atoms with Crippen LogP contribution in [0.2, 0.25) is 0 Å². The molecule has 21 heavy (non-hydrogen) atoms. The zero-order valence-electron chi connectivity index (χ0n) is 12.3. The van der Waals surface area contributed by atoms with E-state index in [1.807, 2.05) is 18.2 Å². The third kappa shape index (κ3) is 2.72. The van der Waals surface area contributed by atoms with E-state index in [1.54, 1.807) is 14.2 Å². The third-order valence-electron chi connectivity index (χ3n) is 3.72. The molecule has 1 N–H and O–H groups in total. The first kappa shape index (κ1) is 13.6. The summed E-state index contributed by atoms with van der Waals surface area (Å²) in [7, 11) is 3.34. The van der Waals surface area contributed by atoms with Crippen LogP contribution in [-0.4, -0.2) is 20.8 Å². The number of nitrogens with one attached hydrogen (secondary N) is 1. The second-order valence-electron chi connectivity index (χ2n) is 5.01. The van der Waals surface area contributed by atoms with Crippen LogP contribution in [0.1, 0.15) is 16.7 Å². The second-order valence-corrected chi connectivity index (χ2v) is 5.01. The Balaban J connectivity index is 2.07. The number of hydrogen-bond donors (Lipinski definition) is 1. The van der Waals surface area contributed by atoms with E-state index in [-0.39, 0.29) is 0 Å². The summed E-state index contributed by atoms with van der Waals surface area (Å²) in [5.41, 5.74) is 4.78. The van der Waals surface area contributed by atoms with Gasteiger partial charge < -0.3 is 14.8 Å². The van der Waals surface area contributed by atoms with Gasteiger partial charge in [0.05, 0.1) is 14.2 Å². The molecule has 1 heterocycles. The highest BCUT2D eigenvalue weighted by Gasteiger charge is 2.17. The molecule has 3 nitrogen and oxygen atoms in total. The molecule has 1 aliphatic heterocycles. The van der Waals surface area contributed by atoms with Crippen LogP contribution in [0.5, 0.6) is 11.5 Å². The lowest BCUT2D eigenvalue weighted by Crippen LogP contribution is -2.22. The summed E-state index contributed by atoms with van der Waals surface area (Å²) in [5, 5.41) is 3.48. The van der Waals surface area contributed by atoms with Crippen molar-refractivity contribution in [2.45, 2.75) is 6.42 Å². The van der Waals surface area contributed by atoms with Crippen LogP contribution in [0.15, 0.2) is 42.5 Å². The fraction of sp³-hybridized carbons (Fsp3) is 0.222. The number of methoxy groups -OCH3 is 2. The molecule has 0 saturated heterocycles. The van der Waals surface area contributed by atoms with Crippen molar-refractivity contribution in [2.24, 2.45) is 0 Å².